The van der Waals surface area contributed by atoms with Crippen molar-refractivity contribution < 1.29 is 18.8 Å². The molecule has 3 aromatic carbocycles. The molecule has 0 aromatic heterocycles. The minimum Gasteiger partial charge on any atom is -0.493 e. The van der Waals surface area contributed by atoms with Gasteiger partial charge in [0.25, 0.3) is 5.69 Å². The van der Waals surface area contributed by atoms with Crippen molar-refractivity contribution in [3.8, 4) is 11.5 Å². The maximum absolute atomic E-state index is 13.3. The number of rotatable bonds is 8. The Bertz CT molecular complexity index is 1010. The first kappa shape index (κ1) is 20.4. The van der Waals surface area contributed by atoms with Gasteiger partial charge in [0.15, 0.2) is 11.5 Å². The van der Waals surface area contributed by atoms with E-state index < -0.39 is 4.92 Å². The topological polar surface area (TPSA) is 73.6 Å². The number of methoxy groups -OCH3 is 1. The summed E-state index contributed by atoms with van der Waals surface area (Å²) in [5.41, 5.74) is 2.27. The minimum absolute atomic E-state index is 0.0278. The Morgan fingerprint density at radius 1 is 1.10 bits per heavy atom. The Morgan fingerprint density at radius 3 is 2.52 bits per heavy atom. The van der Waals surface area contributed by atoms with Gasteiger partial charge in [-0.3, -0.25) is 10.1 Å². The van der Waals surface area contributed by atoms with E-state index in [1.54, 1.807) is 36.4 Å². The van der Waals surface area contributed by atoms with Crippen LogP contribution in [0.2, 0.25) is 5.02 Å². The lowest BCUT2D eigenvalue weighted by atomic mass is 10.2. The number of nitro groups is 1. The van der Waals surface area contributed by atoms with Crippen LogP contribution in [-0.2, 0) is 13.2 Å². The molecular weight excluding hydrogens is 399 g/mol. The van der Waals surface area contributed by atoms with E-state index in [1.165, 1.54) is 31.4 Å². The lowest BCUT2D eigenvalue weighted by Crippen LogP contribution is -2.03. The Balaban J connectivity index is 1.69. The fraction of sp³-hybridized carbons (Fsp3) is 0.143. The van der Waals surface area contributed by atoms with Crippen LogP contribution in [0.1, 0.15) is 11.1 Å². The van der Waals surface area contributed by atoms with E-state index >= 15 is 0 Å². The van der Waals surface area contributed by atoms with E-state index in [9.17, 15) is 14.5 Å². The van der Waals surface area contributed by atoms with Crippen LogP contribution < -0.4 is 14.8 Å². The second-order valence-electron chi connectivity index (χ2n) is 6.19. The first-order valence-electron chi connectivity index (χ1n) is 8.68. The second kappa shape index (κ2) is 9.25. The summed E-state index contributed by atoms with van der Waals surface area (Å²) in [6.07, 6.45) is 0. The molecule has 0 aliphatic heterocycles. The van der Waals surface area contributed by atoms with E-state index in [0.717, 1.165) is 11.3 Å². The van der Waals surface area contributed by atoms with Crippen molar-refractivity contribution in [2.75, 3.05) is 12.4 Å². The van der Waals surface area contributed by atoms with Gasteiger partial charge in [0.2, 0.25) is 0 Å². The Hall–Kier alpha value is -3.32. The van der Waals surface area contributed by atoms with Crippen molar-refractivity contribution in [3.05, 3.63) is 92.7 Å². The van der Waals surface area contributed by atoms with Crippen LogP contribution in [0.5, 0.6) is 11.5 Å². The summed E-state index contributed by atoms with van der Waals surface area (Å²) in [4.78, 5) is 10.3. The van der Waals surface area contributed by atoms with Crippen molar-refractivity contribution in [1.29, 1.82) is 0 Å². The first-order valence-corrected chi connectivity index (χ1v) is 9.06. The van der Waals surface area contributed by atoms with E-state index in [0.29, 0.717) is 28.6 Å². The zero-order chi connectivity index (χ0) is 20.8. The van der Waals surface area contributed by atoms with Gasteiger partial charge in [-0.25, -0.2) is 4.39 Å². The third-order valence-corrected chi connectivity index (χ3v) is 4.42. The van der Waals surface area contributed by atoms with Crippen LogP contribution >= 0.6 is 11.6 Å². The van der Waals surface area contributed by atoms with Crippen molar-refractivity contribution in [2.24, 2.45) is 0 Å². The molecule has 0 unspecified atom stereocenters. The summed E-state index contributed by atoms with van der Waals surface area (Å²) in [6, 6.07) is 15.8. The van der Waals surface area contributed by atoms with Crippen LogP contribution in [0.25, 0.3) is 0 Å². The maximum atomic E-state index is 13.3. The maximum Gasteiger partial charge on any atom is 0.269 e. The third kappa shape index (κ3) is 5.36. The van der Waals surface area contributed by atoms with Crippen LogP contribution in [0.15, 0.2) is 60.7 Å². The van der Waals surface area contributed by atoms with Crippen molar-refractivity contribution in [2.45, 2.75) is 13.2 Å². The van der Waals surface area contributed by atoms with E-state index in [2.05, 4.69) is 5.32 Å². The molecule has 0 spiro atoms. The molecule has 150 valence electrons. The van der Waals surface area contributed by atoms with Gasteiger partial charge in [0.05, 0.1) is 17.1 Å². The standard InChI is InChI=1S/C21H18ClFN2O4/c1-28-20-11-15(12-24-17-5-7-18(8-6-17)25(26)27)10-19(22)21(20)29-13-14-3-2-4-16(23)9-14/h2-11,24H,12-13H2,1H3. The normalized spacial score (nSPS) is 10.4. The SMILES string of the molecule is COc1cc(CNc2ccc([N+](=O)[O-])cc2)cc(Cl)c1OCc1cccc(F)c1. The average molecular weight is 417 g/mol. The van der Waals surface area contributed by atoms with Crippen LogP contribution in [-0.4, -0.2) is 12.0 Å². The van der Waals surface area contributed by atoms with Gasteiger partial charge in [-0.2, -0.15) is 0 Å². The van der Waals surface area contributed by atoms with Gasteiger partial charge in [-0.15, -0.1) is 0 Å². The first-order chi connectivity index (χ1) is 14.0. The molecule has 29 heavy (non-hydrogen) atoms. The zero-order valence-corrected chi connectivity index (χ0v) is 16.3. The Morgan fingerprint density at radius 2 is 1.86 bits per heavy atom. The molecule has 0 saturated carbocycles. The predicted octanol–water partition coefficient (Wildman–Crippen LogP) is 5.59. The number of benzene rings is 3. The fourth-order valence-electron chi connectivity index (χ4n) is 2.70. The lowest BCUT2D eigenvalue weighted by Gasteiger charge is -2.15. The summed E-state index contributed by atoms with van der Waals surface area (Å²) >= 11 is 6.37. The molecule has 0 fully saturated rings. The highest BCUT2D eigenvalue weighted by molar-refractivity contribution is 6.32. The molecular formula is C21H18ClFN2O4. The second-order valence-corrected chi connectivity index (χ2v) is 6.59. The molecule has 3 rings (SSSR count). The molecule has 0 saturated heterocycles. The van der Waals surface area contributed by atoms with E-state index in [1.807, 2.05) is 0 Å². The van der Waals surface area contributed by atoms with Crippen LogP contribution in [0.3, 0.4) is 0 Å². The predicted molar refractivity (Wildman–Crippen MR) is 109 cm³/mol. The number of non-ortho nitro benzene ring substituents is 1. The molecule has 0 aliphatic carbocycles. The van der Waals surface area contributed by atoms with Gasteiger partial charge >= 0.3 is 0 Å². The Labute approximate surface area is 172 Å². The number of hydrogen-bond donors (Lipinski definition) is 1. The molecule has 0 heterocycles. The number of nitro benzene ring substituents is 1. The van der Waals surface area contributed by atoms with Gasteiger partial charge in [0.1, 0.15) is 12.4 Å². The zero-order valence-electron chi connectivity index (χ0n) is 15.5. The monoisotopic (exact) mass is 416 g/mol. The minimum atomic E-state index is -0.447. The molecule has 0 aliphatic rings. The largest absolute Gasteiger partial charge is 0.493 e. The Kier molecular flexibility index (Phi) is 6.51. The highest BCUT2D eigenvalue weighted by Gasteiger charge is 2.13. The molecule has 1 N–H and O–H groups in total. The van der Waals surface area contributed by atoms with Gasteiger partial charge < -0.3 is 14.8 Å². The van der Waals surface area contributed by atoms with E-state index in [-0.39, 0.29) is 18.1 Å². The van der Waals surface area contributed by atoms with Gasteiger partial charge in [-0.05, 0) is 47.5 Å². The van der Waals surface area contributed by atoms with E-state index in [4.69, 9.17) is 21.1 Å². The summed E-state index contributed by atoms with van der Waals surface area (Å²) in [5, 5.41) is 14.3. The van der Waals surface area contributed by atoms with Gasteiger partial charge in [0, 0.05) is 24.4 Å². The van der Waals surface area contributed by atoms with Crippen molar-refractivity contribution >= 4 is 23.0 Å². The average Bonchev–Trinajstić information content (AvgIpc) is 2.71. The molecule has 0 radical (unpaired) electrons. The van der Waals surface area contributed by atoms with Gasteiger partial charge in [-0.1, -0.05) is 23.7 Å². The van der Waals surface area contributed by atoms with Crippen molar-refractivity contribution in [3.63, 3.8) is 0 Å². The number of halogens is 2. The quantitative estimate of drug-likeness (QED) is 0.383. The van der Waals surface area contributed by atoms with Crippen molar-refractivity contribution in [1.82, 2.24) is 0 Å². The summed E-state index contributed by atoms with van der Waals surface area (Å²) in [5.74, 6) is 0.490. The molecule has 0 atom stereocenters. The molecule has 6 nitrogen and oxygen atoms in total. The summed E-state index contributed by atoms with van der Waals surface area (Å²) in [6.45, 7) is 0.576. The number of hydrogen-bond acceptors (Lipinski definition) is 5. The number of ether oxygens (including phenoxy) is 2. The number of nitrogens with zero attached hydrogens (tertiary/aromatic N) is 1. The fourth-order valence-corrected chi connectivity index (χ4v) is 2.99. The summed E-state index contributed by atoms with van der Waals surface area (Å²) in [7, 11) is 1.51. The van der Waals surface area contributed by atoms with Crippen LogP contribution in [0.4, 0.5) is 15.8 Å². The highest BCUT2D eigenvalue weighted by Crippen LogP contribution is 2.37. The number of nitrogens with one attached hydrogen (secondary N) is 1. The lowest BCUT2D eigenvalue weighted by molar-refractivity contribution is -0.384. The molecule has 3 aromatic rings. The van der Waals surface area contributed by atoms with Crippen LogP contribution in [0, 0.1) is 15.9 Å². The molecule has 8 heteroatoms. The summed E-state index contributed by atoms with van der Waals surface area (Å²) < 4.78 is 24.4. The third-order valence-electron chi connectivity index (χ3n) is 4.14. The highest BCUT2D eigenvalue weighted by atomic mass is 35.5. The smallest absolute Gasteiger partial charge is 0.269 e. The number of anilines is 1. The molecule has 0 amide bonds. The molecule has 0 bridgehead atoms.